The van der Waals surface area contributed by atoms with E-state index in [-0.39, 0.29) is 23.2 Å². The molecule has 2 nitrogen and oxygen atoms in total. The summed E-state index contributed by atoms with van der Waals surface area (Å²) in [5, 5.41) is 0. The molecule has 4 rings (SSSR count). The summed E-state index contributed by atoms with van der Waals surface area (Å²) in [7, 11) is 0. The minimum atomic E-state index is -0.326. The number of ketones is 1. The number of hydrogen-bond acceptors (Lipinski definition) is 2. The van der Waals surface area contributed by atoms with E-state index in [1.165, 1.54) is 22.3 Å². The highest BCUT2D eigenvalue weighted by molar-refractivity contribution is 5.98. The Kier molecular flexibility index (Phi) is 2.61. The Bertz CT molecular complexity index is 708. The molecule has 1 fully saturated rings. The average molecular weight is 278 g/mol. The molecular weight excluding hydrogens is 260 g/mol. The van der Waals surface area contributed by atoms with Gasteiger partial charge in [-0.25, -0.2) is 0 Å². The van der Waals surface area contributed by atoms with Crippen LogP contribution in [0.5, 0.6) is 0 Å². The third-order valence-corrected chi connectivity index (χ3v) is 5.11. The van der Waals surface area contributed by atoms with Crippen LogP contribution in [0.1, 0.15) is 19.4 Å². The molecule has 1 aromatic carbocycles. The lowest BCUT2D eigenvalue weighted by atomic mass is 9.66. The van der Waals surface area contributed by atoms with Gasteiger partial charge in [-0.1, -0.05) is 36.4 Å². The summed E-state index contributed by atoms with van der Waals surface area (Å²) in [6, 6.07) is 10.3. The molecule has 3 atom stereocenters. The smallest absolute Gasteiger partial charge is 0.163 e. The van der Waals surface area contributed by atoms with E-state index in [1.807, 2.05) is 24.3 Å². The molecule has 1 heterocycles. The number of hydrogen-bond donors (Lipinski definition) is 0. The third-order valence-electron chi connectivity index (χ3n) is 5.11. The monoisotopic (exact) mass is 278 g/mol. The number of ether oxygens (including phenoxy) is 1. The standard InChI is InChI=1S/C19H18O2/c1-12-14(13-6-4-3-5-7-13)10-15-17(20)8-9-19(2)18(15)16(12)11-21-19/h3-10,15,18H,11H2,1-2H3/t15-,18+,19+/m1/s1. The highest BCUT2D eigenvalue weighted by Gasteiger charge is 2.51. The van der Waals surface area contributed by atoms with Crippen LogP contribution in [0.15, 0.2) is 59.7 Å². The molecular formula is C19H18O2. The second-order valence-electron chi connectivity index (χ2n) is 6.31. The van der Waals surface area contributed by atoms with Crippen molar-refractivity contribution in [1.82, 2.24) is 0 Å². The number of rotatable bonds is 1. The molecule has 0 amide bonds. The largest absolute Gasteiger partial charge is 0.366 e. The van der Waals surface area contributed by atoms with Crippen LogP contribution in [-0.4, -0.2) is 18.0 Å². The summed E-state index contributed by atoms with van der Waals surface area (Å²) in [5.41, 5.74) is 4.60. The SMILES string of the molecule is CC1=C2CO[C@@]3(C)C=CC(=O)[C@@H](C=C1c1ccccc1)[C@@H]23. The zero-order valence-electron chi connectivity index (χ0n) is 12.3. The van der Waals surface area contributed by atoms with E-state index in [2.05, 4.69) is 32.1 Å². The molecule has 1 aliphatic heterocycles. The quantitative estimate of drug-likeness (QED) is 0.785. The minimum Gasteiger partial charge on any atom is -0.366 e. The lowest BCUT2D eigenvalue weighted by Gasteiger charge is -2.38. The predicted octanol–water partition coefficient (Wildman–Crippen LogP) is 3.56. The van der Waals surface area contributed by atoms with Crippen molar-refractivity contribution in [2.75, 3.05) is 6.61 Å². The van der Waals surface area contributed by atoms with Crippen LogP contribution < -0.4 is 0 Å². The first kappa shape index (κ1) is 12.8. The second-order valence-corrected chi connectivity index (χ2v) is 6.31. The van der Waals surface area contributed by atoms with Gasteiger partial charge < -0.3 is 4.74 Å². The molecule has 0 saturated carbocycles. The lowest BCUT2D eigenvalue weighted by molar-refractivity contribution is -0.120. The lowest BCUT2D eigenvalue weighted by Crippen LogP contribution is -2.41. The van der Waals surface area contributed by atoms with Gasteiger partial charge in [0.1, 0.15) is 0 Å². The van der Waals surface area contributed by atoms with Crippen molar-refractivity contribution in [1.29, 1.82) is 0 Å². The first-order chi connectivity index (χ1) is 10.1. The highest BCUT2D eigenvalue weighted by atomic mass is 16.5. The van der Waals surface area contributed by atoms with E-state index in [9.17, 15) is 4.79 Å². The Hall–Kier alpha value is -1.93. The van der Waals surface area contributed by atoms with Gasteiger partial charge in [0, 0.05) is 5.92 Å². The molecule has 21 heavy (non-hydrogen) atoms. The van der Waals surface area contributed by atoms with Gasteiger partial charge in [-0.05, 0) is 48.3 Å². The van der Waals surface area contributed by atoms with Gasteiger partial charge in [-0.3, -0.25) is 4.79 Å². The Morgan fingerprint density at radius 1 is 1.24 bits per heavy atom. The fraction of sp³-hybridized carbons (Fsp3) is 0.316. The Labute approximate surface area is 124 Å². The number of allylic oxidation sites excluding steroid dienone is 4. The van der Waals surface area contributed by atoms with Crippen LogP contribution in [0.4, 0.5) is 0 Å². The van der Waals surface area contributed by atoms with E-state index < -0.39 is 0 Å². The van der Waals surface area contributed by atoms with E-state index in [0.717, 1.165) is 0 Å². The molecule has 0 aromatic heterocycles. The maximum Gasteiger partial charge on any atom is 0.163 e. The van der Waals surface area contributed by atoms with Crippen LogP contribution in [0.3, 0.4) is 0 Å². The summed E-state index contributed by atoms with van der Waals surface area (Å²) in [6.45, 7) is 4.88. The van der Waals surface area contributed by atoms with Crippen molar-refractivity contribution in [3.05, 3.63) is 65.3 Å². The predicted molar refractivity (Wildman–Crippen MR) is 82.6 cm³/mol. The number of carbonyl (C=O) groups excluding carboxylic acids is 1. The van der Waals surface area contributed by atoms with Crippen LogP contribution in [0, 0.1) is 11.8 Å². The number of carbonyl (C=O) groups is 1. The summed E-state index contributed by atoms with van der Waals surface area (Å²) >= 11 is 0. The normalized spacial score (nSPS) is 34.0. The molecule has 0 spiro atoms. The van der Waals surface area contributed by atoms with E-state index >= 15 is 0 Å². The molecule has 0 bridgehead atoms. The number of benzene rings is 1. The Balaban J connectivity index is 1.90. The highest BCUT2D eigenvalue weighted by Crippen LogP contribution is 2.51. The van der Waals surface area contributed by atoms with Gasteiger partial charge in [-0.15, -0.1) is 0 Å². The molecule has 3 aliphatic rings. The van der Waals surface area contributed by atoms with Gasteiger partial charge in [0.05, 0.1) is 18.1 Å². The van der Waals surface area contributed by atoms with Gasteiger partial charge in [0.25, 0.3) is 0 Å². The summed E-state index contributed by atoms with van der Waals surface area (Å²) in [5.74, 6) is 0.278. The third kappa shape index (κ3) is 1.72. The molecule has 2 aliphatic carbocycles. The van der Waals surface area contributed by atoms with Gasteiger partial charge in [0.15, 0.2) is 5.78 Å². The summed E-state index contributed by atoms with van der Waals surface area (Å²) in [6.07, 6.45) is 5.79. The minimum absolute atomic E-state index is 0.0867. The van der Waals surface area contributed by atoms with E-state index in [4.69, 9.17) is 4.74 Å². The van der Waals surface area contributed by atoms with Crippen molar-refractivity contribution >= 4 is 11.4 Å². The van der Waals surface area contributed by atoms with Crippen LogP contribution in [0.25, 0.3) is 5.57 Å². The maximum atomic E-state index is 12.4. The fourth-order valence-corrected chi connectivity index (χ4v) is 3.93. The molecule has 106 valence electrons. The van der Waals surface area contributed by atoms with E-state index in [1.54, 1.807) is 6.08 Å². The van der Waals surface area contributed by atoms with Crippen molar-refractivity contribution < 1.29 is 9.53 Å². The van der Waals surface area contributed by atoms with Crippen molar-refractivity contribution in [3.8, 4) is 0 Å². The summed E-state index contributed by atoms with van der Waals surface area (Å²) in [4.78, 5) is 12.4. The van der Waals surface area contributed by atoms with Crippen LogP contribution in [0.2, 0.25) is 0 Å². The topological polar surface area (TPSA) is 26.3 Å². The summed E-state index contributed by atoms with van der Waals surface area (Å²) < 4.78 is 6.03. The molecule has 1 aromatic rings. The van der Waals surface area contributed by atoms with Crippen LogP contribution in [-0.2, 0) is 9.53 Å². The molecule has 2 heteroatoms. The maximum absolute atomic E-state index is 12.4. The second kappa shape index (κ2) is 4.28. The zero-order valence-corrected chi connectivity index (χ0v) is 12.3. The first-order valence-electron chi connectivity index (χ1n) is 7.44. The average Bonchev–Trinajstić information content (AvgIpc) is 2.86. The molecule has 0 unspecified atom stereocenters. The Morgan fingerprint density at radius 2 is 2.00 bits per heavy atom. The zero-order chi connectivity index (χ0) is 14.6. The molecule has 0 radical (unpaired) electrons. The van der Waals surface area contributed by atoms with Crippen molar-refractivity contribution in [2.24, 2.45) is 11.8 Å². The molecule has 1 saturated heterocycles. The molecule has 0 N–H and O–H groups in total. The van der Waals surface area contributed by atoms with Crippen LogP contribution >= 0.6 is 0 Å². The van der Waals surface area contributed by atoms with Gasteiger partial charge in [0.2, 0.25) is 0 Å². The van der Waals surface area contributed by atoms with Crippen molar-refractivity contribution in [3.63, 3.8) is 0 Å². The first-order valence-corrected chi connectivity index (χ1v) is 7.44. The van der Waals surface area contributed by atoms with Crippen molar-refractivity contribution in [2.45, 2.75) is 19.4 Å². The van der Waals surface area contributed by atoms with E-state index in [0.29, 0.717) is 6.61 Å². The van der Waals surface area contributed by atoms with Gasteiger partial charge >= 0.3 is 0 Å². The fourth-order valence-electron chi connectivity index (χ4n) is 3.93. The Morgan fingerprint density at radius 3 is 2.76 bits per heavy atom. The van der Waals surface area contributed by atoms with Gasteiger partial charge in [-0.2, -0.15) is 0 Å².